The number of rotatable bonds is 2. The number of aryl methyl sites for hydroxylation is 1. The van der Waals surface area contributed by atoms with Gasteiger partial charge in [-0.25, -0.2) is 4.39 Å². The van der Waals surface area contributed by atoms with Gasteiger partial charge in [0.05, 0.1) is 6.08 Å². The van der Waals surface area contributed by atoms with Crippen LogP contribution in [0.3, 0.4) is 0 Å². The summed E-state index contributed by atoms with van der Waals surface area (Å²) in [7, 11) is 1.50. The zero-order chi connectivity index (χ0) is 17.5. The minimum absolute atomic E-state index is 0.437. The summed E-state index contributed by atoms with van der Waals surface area (Å²) in [5.74, 6) is -0.465. The highest BCUT2D eigenvalue weighted by Crippen LogP contribution is 2.38. The number of hydrogen-bond acceptors (Lipinski definition) is 1. The molecule has 1 aliphatic rings. The topological polar surface area (TPSA) is 12.4 Å². The van der Waals surface area contributed by atoms with Gasteiger partial charge in [-0.15, -0.1) is 4.59 Å². The molecular formula is C18H14F4N2+. The van der Waals surface area contributed by atoms with Crippen molar-refractivity contribution in [3.05, 3.63) is 66.1 Å². The predicted molar refractivity (Wildman–Crippen MR) is 85.6 cm³/mol. The highest BCUT2D eigenvalue weighted by atomic mass is 19.4. The number of nitrogens with zero attached hydrogens (tertiary/aromatic N) is 2. The van der Waals surface area contributed by atoms with E-state index in [9.17, 15) is 17.6 Å². The second-order valence-corrected chi connectivity index (χ2v) is 5.77. The molecule has 1 atom stereocenters. The van der Waals surface area contributed by atoms with E-state index in [-0.39, 0.29) is 0 Å². The summed E-state index contributed by atoms with van der Waals surface area (Å²) in [6.07, 6.45) is -1.19. The fourth-order valence-electron chi connectivity index (χ4n) is 2.58. The van der Waals surface area contributed by atoms with Gasteiger partial charge in [-0.05, 0) is 24.6 Å². The maximum atomic E-state index is 13.7. The van der Waals surface area contributed by atoms with Crippen LogP contribution >= 0.6 is 0 Å². The number of quaternary nitrogens is 1. The quantitative estimate of drug-likeness (QED) is 0.542. The summed E-state index contributed by atoms with van der Waals surface area (Å²) in [5.41, 5.74) is 1.58. The maximum Gasteiger partial charge on any atom is 0.439 e. The van der Waals surface area contributed by atoms with E-state index >= 15 is 0 Å². The molecule has 0 aromatic heterocycles. The van der Waals surface area contributed by atoms with E-state index in [1.54, 1.807) is 12.1 Å². The average Bonchev–Trinajstić information content (AvgIpc) is 2.91. The van der Waals surface area contributed by atoms with Gasteiger partial charge in [0.15, 0.2) is 5.69 Å². The van der Waals surface area contributed by atoms with Gasteiger partial charge in [0, 0.05) is 11.6 Å². The third-order valence-corrected chi connectivity index (χ3v) is 3.84. The Kier molecular flexibility index (Phi) is 3.80. The number of benzene rings is 2. The molecule has 0 fully saturated rings. The second-order valence-electron chi connectivity index (χ2n) is 5.77. The van der Waals surface area contributed by atoms with Gasteiger partial charge in [0.2, 0.25) is 5.71 Å². The first-order valence-corrected chi connectivity index (χ1v) is 7.21. The molecule has 1 radical (unpaired) electrons. The highest BCUT2D eigenvalue weighted by molar-refractivity contribution is 5.98. The highest BCUT2D eigenvalue weighted by Gasteiger charge is 2.43. The van der Waals surface area contributed by atoms with Gasteiger partial charge in [-0.3, -0.25) is 0 Å². The summed E-state index contributed by atoms with van der Waals surface area (Å²) in [5, 5.41) is 3.73. The number of allylic oxidation sites excluding steroid dienone is 1. The van der Waals surface area contributed by atoms with Crippen molar-refractivity contribution in [2.24, 2.45) is 5.10 Å². The first-order valence-electron chi connectivity index (χ1n) is 7.21. The van der Waals surface area contributed by atoms with Crippen molar-refractivity contribution in [1.29, 1.82) is 0 Å². The lowest BCUT2D eigenvalue weighted by Gasteiger charge is -2.23. The Hall–Kier alpha value is -2.47. The SMILES string of the molecule is Cc1ccc(-c2cc(F)ccc2[N+]2(C)C=[C]C(C(F)(F)F)=N2)cc1. The summed E-state index contributed by atoms with van der Waals surface area (Å²) >= 11 is 0. The van der Waals surface area contributed by atoms with Crippen LogP contribution in [-0.2, 0) is 0 Å². The van der Waals surface area contributed by atoms with Crippen molar-refractivity contribution >= 4 is 11.4 Å². The van der Waals surface area contributed by atoms with Crippen LogP contribution in [0, 0.1) is 18.8 Å². The molecule has 0 aliphatic carbocycles. The van der Waals surface area contributed by atoms with E-state index in [2.05, 4.69) is 11.2 Å². The Morgan fingerprint density at radius 2 is 1.71 bits per heavy atom. The lowest BCUT2D eigenvalue weighted by Crippen LogP contribution is -2.32. The van der Waals surface area contributed by atoms with Gasteiger partial charge in [-0.1, -0.05) is 34.9 Å². The number of hydrogen-bond donors (Lipinski definition) is 0. The molecule has 1 aliphatic heterocycles. The van der Waals surface area contributed by atoms with Crippen molar-refractivity contribution < 1.29 is 17.6 Å². The number of halogens is 4. The Bertz CT molecular complexity index is 835. The second kappa shape index (κ2) is 5.56. The third kappa shape index (κ3) is 2.97. The summed E-state index contributed by atoms with van der Waals surface area (Å²) in [6.45, 7) is 1.92. The number of alkyl halides is 3. The average molecular weight is 334 g/mol. The van der Waals surface area contributed by atoms with E-state index in [0.717, 1.165) is 5.56 Å². The predicted octanol–water partition coefficient (Wildman–Crippen LogP) is 4.99. The van der Waals surface area contributed by atoms with Crippen LogP contribution in [0.25, 0.3) is 11.1 Å². The molecule has 0 saturated heterocycles. The molecule has 123 valence electrons. The van der Waals surface area contributed by atoms with Gasteiger partial charge in [0.1, 0.15) is 19.1 Å². The van der Waals surface area contributed by atoms with E-state index in [0.29, 0.717) is 16.8 Å². The van der Waals surface area contributed by atoms with Gasteiger partial charge < -0.3 is 0 Å². The first kappa shape index (κ1) is 16.4. The molecule has 3 rings (SSSR count). The van der Waals surface area contributed by atoms with E-state index in [4.69, 9.17) is 0 Å². The Balaban J connectivity index is 2.15. The van der Waals surface area contributed by atoms with Crippen LogP contribution < -0.4 is 4.59 Å². The normalized spacial score (nSPS) is 20.3. The van der Waals surface area contributed by atoms with Crippen molar-refractivity contribution in [3.63, 3.8) is 0 Å². The lowest BCUT2D eigenvalue weighted by atomic mass is 10.0. The summed E-state index contributed by atoms with van der Waals surface area (Å²) in [4.78, 5) is 0. The molecule has 24 heavy (non-hydrogen) atoms. The van der Waals surface area contributed by atoms with Crippen molar-refractivity contribution in [2.75, 3.05) is 7.05 Å². The monoisotopic (exact) mass is 334 g/mol. The fourth-order valence-corrected chi connectivity index (χ4v) is 2.58. The van der Waals surface area contributed by atoms with Crippen LogP contribution in [0.2, 0.25) is 0 Å². The molecule has 2 nitrogen and oxygen atoms in total. The molecule has 1 unspecified atom stereocenters. The minimum Gasteiger partial charge on any atom is -0.207 e. The van der Waals surface area contributed by atoms with E-state index in [1.165, 1.54) is 31.4 Å². The van der Waals surface area contributed by atoms with Crippen LogP contribution in [0.1, 0.15) is 5.56 Å². The molecule has 0 saturated carbocycles. The molecule has 2 aromatic rings. The molecule has 1 heterocycles. The lowest BCUT2D eigenvalue weighted by molar-refractivity contribution is -0.0584. The smallest absolute Gasteiger partial charge is 0.207 e. The van der Waals surface area contributed by atoms with Crippen LogP contribution in [0.15, 0.2) is 53.8 Å². The molecule has 6 heteroatoms. The van der Waals surface area contributed by atoms with Crippen LogP contribution in [-0.4, -0.2) is 18.9 Å². The zero-order valence-electron chi connectivity index (χ0n) is 13.0. The van der Waals surface area contributed by atoms with Crippen molar-refractivity contribution in [3.8, 4) is 11.1 Å². The van der Waals surface area contributed by atoms with Gasteiger partial charge in [-0.2, -0.15) is 13.2 Å². The molecule has 0 spiro atoms. The van der Waals surface area contributed by atoms with E-state index in [1.807, 2.05) is 19.1 Å². The van der Waals surface area contributed by atoms with E-state index < -0.39 is 22.3 Å². The van der Waals surface area contributed by atoms with Crippen molar-refractivity contribution in [1.82, 2.24) is 4.59 Å². The zero-order valence-corrected chi connectivity index (χ0v) is 13.0. The molecule has 0 amide bonds. The third-order valence-electron chi connectivity index (χ3n) is 3.84. The summed E-state index contributed by atoms with van der Waals surface area (Å²) < 4.78 is 51.9. The van der Waals surface area contributed by atoms with Gasteiger partial charge in [0.25, 0.3) is 0 Å². The largest absolute Gasteiger partial charge is 0.439 e. The van der Waals surface area contributed by atoms with Crippen LogP contribution in [0.4, 0.5) is 23.2 Å². The first-order chi connectivity index (χ1) is 11.2. The Labute approximate surface area is 136 Å². The Morgan fingerprint density at radius 3 is 2.29 bits per heavy atom. The standard InChI is InChI=1S/C18H14F4N2/c1-12-3-5-13(6-4-12)15-11-14(19)7-8-16(15)24(2)10-9-17(23-24)18(20,21)22/h3-8,10-11H,1-2H3/q+1. The maximum absolute atomic E-state index is 13.7. The molecular weight excluding hydrogens is 320 g/mol. The molecule has 0 bridgehead atoms. The molecule has 2 aromatic carbocycles. The van der Waals surface area contributed by atoms with Crippen LogP contribution in [0.5, 0.6) is 0 Å². The Morgan fingerprint density at radius 1 is 1.04 bits per heavy atom. The van der Waals surface area contributed by atoms with Crippen molar-refractivity contribution in [2.45, 2.75) is 13.1 Å². The summed E-state index contributed by atoms with van der Waals surface area (Å²) in [6, 6.07) is 11.3. The van der Waals surface area contributed by atoms with Gasteiger partial charge >= 0.3 is 6.18 Å². The molecule has 0 N–H and O–H groups in total. The fraction of sp³-hybridized carbons (Fsp3) is 0.167. The minimum atomic E-state index is -4.57.